The minimum atomic E-state index is 0.660. The van der Waals surface area contributed by atoms with Gasteiger partial charge in [-0.25, -0.2) is 0 Å². The van der Waals surface area contributed by atoms with Crippen LogP contribution < -0.4 is 0 Å². The highest BCUT2D eigenvalue weighted by molar-refractivity contribution is 5.19. The maximum atomic E-state index is 2.74. The molecule has 1 heteroatoms. The van der Waals surface area contributed by atoms with Gasteiger partial charge >= 0.3 is 0 Å². The predicted molar refractivity (Wildman–Crippen MR) is 108 cm³/mol. The third-order valence-corrected chi connectivity index (χ3v) is 5.55. The number of rotatable bonds is 9. The highest BCUT2D eigenvalue weighted by atomic mass is 15.2. The van der Waals surface area contributed by atoms with Crippen molar-refractivity contribution in [1.29, 1.82) is 0 Å². The van der Waals surface area contributed by atoms with Crippen LogP contribution in [-0.2, 0) is 6.42 Å². The number of benzene rings is 2. The van der Waals surface area contributed by atoms with Crippen molar-refractivity contribution >= 4 is 0 Å². The molecule has 134 valence electrons. The molecule has 1 heterocycles. The SMILES string of the molecule is c1ccc(CCCCCCCN2CCCCC2c2ccccc2)cc1. The van der Waals surface area contributed by atoms with Crippen molar-refractivity contribution in [2.75, 3.05) is 13.1 Å². The molecule has 0 spiro atoms. The summed E-state index contributed by atoms with van der Waals surface area (Å²) in [5.41, 5.74) is 3.01. The summed E-state index contributed by atoms with van der Waals surface area (Å²) in [7, 11) is 0. The van der Waals surface area contributed by atoms with Gasteiger partial charge in [0.25, 0.3) is 0 Å². The fourth-order valence-corrected chi connectivity index (χ4v) is 4.13. The van der Waals surface area contributed by atoms with E-state index in [0.29, 0.717) is 6.04 Å². The van der Waals surface area contributed by atoms with Gasteiger partial charge in [-0.3, -0.25) is 4.90 Å². The van der Waals surface area contributed by atoms with Crippen LogP contribution in [0.15, 0.2) is 60.7 Å². The van der Waals surface area contributed by atoms with Gasteiger partial charge in [0.15, 0.2) is 0 Å². The lowest BCUT2D eigenvalue weighted by atomic mass is 9.95. The van der Waals surface area contributed by atoms with Crippen LogP contribution in [0, 0.1) is 0 Å². The molecule has 2 aromatic rings. The summed E-state index contributed by atoms with van der Waals surface area (Å²) in [4.78, 5) is 2.74. The molecule has 25 heavy (non-hydrogen) atoms. The van der Waals surface area contributed by atoms with Gasteiger partial charge in [0.05, 0.1) is 0 Å². The topological polar surface area (TPSA) is 3.24 Å². The minimum absolute atomic E-state index is 0.660. The molecule has 1 unspecified atom stereocenters. The average Bonchev–Trinajstić information content (AvgIpc) is 2.69. The average molecular weight is 336 g/mol. The third-order valence-electron chi connectivity index (χ3n) is 5.55. The standard InChI is InChI=1S/C24H33N/c1(2-6-14-22-15-7-4-8-16-22)3-12-20-25-21-13-11-19-24(25)23-17-9-5-10-18-23/h4-5,7-10,15-18,24H,1-3,6,11-14,19-21H2. The van der Waals surface area contributed by atoms with E-state index in [2.05, 4.69) is 65.6 Å². The minimum Gasteiger partial charge on any atom is -0.296 e. The van der Waals surface area contributed by atoms with Crippen LogP contribution in [0.3, 0.4) is 0 Å². The third kappa shape index (κ3) is 6.01. The highest BCUT2D eigenvalue weighted by Crippen LogP contribution is 2.30. The molecule has 1 fully saturated rings. The molecule has 3 rings (SSSR count). The van der Waals surface area contributed by atoms with Crippen molar-refractivity contribution < 1.29 is 0 Å². The second-order valence-electron chi connectivity index (χ2n) is 7.46. The molecule has 0 saturated carbocycles. The summed E-state index contributed by atoms with van der Waals surface area (Å²) < 4.78 is 0. The summed E-state index contributed by atoms with van der Waals surface area (Å²) in [6.07, 6.45) is 12.2. The van der Waals surface area contributed by atoms with Crippen molar-refractivity contribution in [2.24, 2.45) is 0 Å². The first-order chi connectivity index (χ1) is 12.4. The van der Waals surface area contributed by atoms with E-state index in [4.69, 9.17) is 0 Å². The van der Waals surface area contributed by atoms with Gasteiger partial charge in [-0.15, -0.1) is 0 Å². The van der Waals surface area contributed by atoms with Gasteiger partial charge in [-0.1, -0.05) is 86.3 Å². The van der Waals surface area contributed by atoms with Crippen molar-refractivity contribution in [1.82, 2.24) is 4.90 Å². The smallest absolute Gasteiger partial charge is 0.0348 e. The zero-order valence-corrected chi connectivity index (χ0v) is 15.6. The lowest BCUT2D eigenvalue weighted by Crippen LogP contribution is -2.34. The summed E-state index contributed by atoms with van der Waals surface area (Å²) in [6, 6.07) is 22.7. The Hall–Kier alpha value is -1.60. The zero-order chi connectivity index (χ0) is 17.2. The molecule has 1 atom stereocenters. The normalized spacial score (nSPS) is 18.3. The van der Waals surface area contributed by atoms with Crippen LogP contribution in [0.4, 0.5) is 0 Å². The van der Waals surface area contributed by atoms with E-state index < -0.39 is 0 Å². The monoisotopic (exact) mass is 335 g/mol. The molecule has 0 N–H and O–H groups in total. The van der Waals surface area contributed by atoms with Gasteiger partial charge in [-0.2, -0.15) is 0 Å². The van der Waals surface area contributed by atoms with E-state index in [-0.39, 0.29) is 0 Å². The number of aryl methyl sites for hydroxylation is 1. The van der Waals surface area contributed by atoms with Crippen LogP contribution in [0.5, 0.6) is 0 Å². The van der Waals surface area contributed by atoms with Crippen molar-refractivity contribution in [2.45, 2.75) is 63.8 Å². The Kier molecular flexibility index (Phi) is 7.57. The van der Waals surface area contributed by atoms with E-state index in [1.807, 2.05) is 0 Å². The van der Waals surface area contributed by atoms with Crippen LogP contribution in [0.1, 0.15) is 68.5 Å². The van der Waals surface area contributed by atoms with E-state index >= 15 is 0 Å². The van der Waals surface area contributed by atoms with Gasteiger partial charge in [0, 0.05) is 6.04 Å². The Morgan fingerprint density at radius 3 is 2.20 bits per heavy atom. The van der Waals surface area contributed by atoms with Crippen LogP contribution in [-0.4, -0.2) is 18.0 Å². The first-order valence-electron chi connectivity index (χ1n) is 10.3. The Bertz CT molecular complexity index is 578. The second kappa shape index (κ2) is 10.4. The van der Waals surface area contributed by atoms with Gasteiger partial charge < -0.3 is 0 Å². The van der Waals surface area contributed by atoms with Gasteiger partial charge in [0.2, 0.25) is 0 Å². The number of piperidine rings is 1. The largest absolute Gasteiger partial charge is 0.296 e. The summed E-state index contributed by atoms with van der Waals surface area (Å²) in [5, 5.41) is 0. The molecular weight excluding hydrogens is 302 g/mol. The van der Waals surface area contributed by atoms with E-state index in [9.17, 15) is 0 Å². The molecule has 2 aromatic carbocycles. The Morgan fingerprint density at radius 2 is 1.40 bits per heavy atom. The summed E-state index contributed by atoms with van der Waals surface area (Å²) >= 11 is 0. The molecule has 1 saturated heterocycles. The highest BCUT2D eigenvalue weighted by Gasteiger charge is 2.22. The first kappa shape index (κ1) is 18.2. The molecule has 0 radical (unpaired) electrons. The lowest BCUT2D eigenvalue weighted by molar-refractivity contribution is 0.145. The molecule has 1 aliphatic rings. The van der Waals surface area contributed by atoms with Crippen LogP contribution in [0.2, 0.25) is 0 Å². The van der Waals surface area contributed by atoms with E-state index in [1.165, 1.54) is 82.0 Å². The molecule has 1 nitrogen and oxygen atoms in total. The van der Waals surface area contributed by atoms with Crippen molar-refractivity contribution in [3.05, 3.63) is 71.8 Å². The Morgan fingerprint density at radius 1 is 0.720 bits per heavy atom. The summed E-state index contributed by atoms with van der Waals surface area (Å²) in [5.74, 6) is 0. The molecule has 0 aliphatic carbocycles. The number of likely N-dealkylation sites (tertiary alicyclic amines) is 1. The molecular formula is C24H33N. The number of hydrogen-bond acceptors (Lipinski definition) is 1. The van der Waals surface area contributed by atoms with E-state index in [1.54, 1.807) is 0 Å². The number of hydrogen-bond donors (Lipinski definition) is 0. The summed E-state index contributed by atoms with van der Waals surface area (Å²) in [6.45, 7) is 2.56. The number of unbranched alkanes of at least 4 members (excludes halogenated alkanes) is 4. The fraction of sp³-hybridized carbons (Fsp3) is 0.500. The zero-order valence-electron chi connectivity index (χ0n) is 15.6. The molecule has 0 amide bonds. The van der Waals surface area contributed by atoms with Gasteiger partial charge in [-0.05, 0) is 56.3 Å². The van der Waals surface area contributed by atoms with E-state index in [0.717, 1.165) is 0 Å². The van der Waals surface area contributed by atoms with Crippen LogP contribution >= 0.6 is 0 Å². The molecule has 0 aromatic heterocycles. The maximum absolute atomic E-state index is 2.74. The van der Waals surface area contributed by atoms with Crippen molar-refractivity contribution in [3.8, 4) is 0 Å². The lowest BCUT2D eigenvalue weighted by Gasteiger charge is -2.36. The van der Waals surface area contributed by atoms with Gasteiger partial charge in [0.1, 0.15) is 0 Å². The Labute approximate surface area is 154 Å². The Balaban J connectivity index is 1.32. The second-order valence-corrected chi connectivity index (χ2v) is 7.46. The fourth-order valence-electron chi connectivity index (χ4n) is 4.13. The maximum Gasteiger partial charge on any atom is 0.0348 e. The quantitative estimate of drug-likeness (QED) is 0.479. The van der Waals surface area contributed by atoms with Crippen molar-refractivity contribution in [3.63, 3.8) is 0 Å². The molecule has 1 aliphatic heterocycles. The van der Waals surface area contributed by atoms with Crippen LogP contribution in [0.25, 0.3) is 0 Å². The number of nitrogens with zero attached hydrogens (tertiary/aromatic N) is 1. The first-order valence-corrected chi connectivity index (χ1v) is 10.3. The predicted octanol–water partition coefficient (Wildman–Crippen LogP) is 6.41. The molecule has 0 bridgehead atoms.